The number of aldehydes is 1. The molecule has 0 N–H and O–H groups in total. The van der Waals surface area contributed by atoms with E-state index in [1.165, 1.54) is 18.2 Å². The maximum absolute atomic E-state index is 13.4. The smallest absolute Gasteiger partial charge is 0.142 e. The highest BCUT2D eigenvalue weighted by molar-refractivity contribution is 5.99. The van der Waals surface area contributed by atoms with E-state index in [1.807, 2.05) is 23.9 Å². The highest BCUT2D eigenvalue weighted by Crippen LogP contribution is 2.36. The van der Waals surface area contributed by atoms with E-state index in [1.54, 1.807) is 18.2 Å². The second-order valence-electron chi connectivity index (χ2n) is 6.11. The minimum atomic E-state index is -0.272. The molecule has 0 atom stereocenters. The molecule has 0 fully saturated rings. The number of aromatic nitrogens is 2. The minimum absolute atomic E-state index is 0.190. The quantitative estimate of drug-likeness (QED) is 0.515. The second kappa shape index (κ2) is 6.40. The molecule has 2 heterocycles. The topological polar surface area (TPSA) is 34.9 Å². The van der Waals surface area contributed by atoms with Crippen LogP contribution in [0.1, 0.15) is 31.0 Å². The number of nitrogens with zero attached hydrogens (tertiary/aromatic N) is 2. The van der Waals surface area contributed by atoms with E-state index < -0.39 is 0 Å². The van der Waals surface area contributed by atoms with Crippen molar-refractivity contribution in [2.24, 2.45) is 7.05 Å². The second-order valence-corrected chi connectivity index (χ2v) is 6.11. The van der Waals surface area contributed by atoms with E-state index in [2.05, 4.69) is 13.8 Å². The maximum Gasteiger partial charge on any atom is 0.142 e. The zero-order valence-corrected chi connectivity index (χ0v) is 14.0. The van der Waals surface area contributed by atoms with Crippen molar-refractivity contribution in [2.75, 3.05) is 0 Å². The van der Waals surface area contributed by atoms with Gasteiger partial charge in [-0.2, -0.15) is 0 Å². The summed E-state index contributed by atoms with van der Waals surface area (Å²) >= 11 is 0. The van der Waals surface area contributed by atoms with Gasteiger partial charge in [-0.1, -0.05) is 26.0 Å². The lowest BCUT2D eigenvalue weighted by atomic mass is 9.92. The highest BCUT2D eigenvalue weighted by Gasteiger charge is 2.18. The van der Waals surface area contributed by atoms with E-state index in [-0.39, 0.29) is 11.7 Å². The van der Waals surface area contributed by atoms with Crippen molar-refractivity contribution in [2.45, 2.75) is 19.8 Å². The van der Waals surface area contributed by atoms with Gasteiger partial charge in [-0.25, -0.2) is 9.37 Å². The molecule has 0 unspecified atom stereocenters. The molecule has 0 radical (unpaired) electrons. The van der Waals surface area contributed by atoms with Crippen LogP contribution in [0.4, 0.5) is 4.39 Å². The first-order valence-electron chi connectivity index (χ1n) is 7.89. The van der Waals surface area contributed by atoms with Crippen LogP contribution in [0.5, 0.6) is 0 Å². The van der Waals surface area contributed by atoms with Crippen LogP contribution in [0.15, 0.2) is 42.6 Å². The van der Waals surface area contributed by atoms with Gasteiger partial charge in [0.2, 0.25) is 0 Å². The molecule has 0 aliphatic heterocycles. The van der Waals surface area contributed by atoms with Crippen LogP contribution >= 0.6 is 0 Å². The Morgan fingerprint density at radius 2 is 1.88 bits per heavy atom. The molecule has 3 nitrogen and oxygen atoms in total. The van der Waals surface area contributed by atoms with E-state index >= 15 is 0 Å². The summed E-state index contributed by atoms with van der Waals surface area (Å²) < 4.78 is 15.3. The number of rotatable bonds is 4. The Morgan fingerprint density at radius 1 is 1.17 bits per heavy atom. The van der Waals surface area contributed by atoms with Crippen molar-refractivity contribution < 1.29 is 9.18 Å². The van der Waals surface area contributed by atoms with Crippen LogP contribution in [0, 0.1) is 5.82 Å². The molecule has 0 spiro atoms. The lowest BCUT2D eigenvalue weighted by Crippen LogP contribution is -2.02. The van der Waals surface area contributed by atoms with Crippen molar-refractivity contribution in [3.05, 3.63) is 59.7 Å². The Hall–Kier alpha value is -2.75. The molecule has 4 heteroatoms. The first kappa shape index (κ1) is 16.1. The predicted octanol–water partition coefficient (Wildman–Crippen LogP) is 4.71. The van der Waals surface area contributed by atoms with Gasteiger partial charge in [-0.3, -0.25) is 4.79 Å². The number of halogens is 1. The summed E-state index contributed by atoms with van der Waals surface area (Å²) in [6, 6.07) is 8.43. The summed E-state index contributed by atoms with van der Waals surface area (Å²) in [5.74, 6) is -0.0824. The predicted molar refractivity (Wildman–Crippen MR) is 95.3 cm³/mol. The fourth-order valence-electron chi connectivity index (χ4n) is 2.98. The van der Waals surface area contributed by atoms with Crippen LogP contribution < -0.4 is 0 Å². The van der Waals surface area contributed by atoms with Gasteiger partial charge in [0.05, 0.1) is 5.69 Å². The summed E-state index contributed by atoms with van der Waals surface area (Å²) in [6.07, 6.45) is 5.99. The molecule has 0 aliphatic rings. The molecule has 0 aliphatic carbocycles. The Kier molecular flexibility index (Phi) is 4.30. The molecule has 0 amide bonds. The number of aryl methyl sites for hydroxylation is 1. The van der Waals surface area contributed by atoms with Crippen LogP contribution in [-0.4, -0.2) is 15.8 Å². The van der Waals surface area contributed by atoms with E-state index in [0.29, 0.717) is 0 Å². The van der Waals surface area contributed by atoms with E-state index in [0.717, 1.165) is 39.7 Å². The highest BCUT2D eigenvalue weighted by atomic mass is 19.1. The zero-order chi connectivity index (χ0) is 17.3. The number of fused-ring (bicyclic) bond motifs is 1. The van der Waals surface area contributed by atoms with Gasteiger partial charge in [-0.05, 0) is 41.8 Å². The van der Waals surface area contributed by atoms with Crippen molar-refractivity contribution in [3.63, 3.8) is 0 Å². The first-order valence-corrected chi connectivity index (χ1v) is 7.89. The van der Waals surface area contributed by atoms with Gasteiger partial charge in [0, 0.05) is 29.8 Å². The number of carbonyl (C=O) groups is 1. The van der Waals surface area contributed by atoms with Crippen molar-refractivity contribution in [1.82, 2.24) is 9.55 Å². The summed E-state index contributed by atoms with van der Waals surface area (Å²) in [5.41, 5.74) is 4.58. The Bertz CT molecular complexity index is 921. The fraction of sp³-hybridized carbons (Fsp3) is 0.200. The van der Waals surface area contributed by atoms with Crippen LogP contribution in [-0.2, 0) is 11.8 Å². The van der Waals surface area contributed by atoms with E-state index in [9.17, 15) is 9.18 Å². The number of benzene rings is 1. The number of hydrogen-bond acceptors (Lipinski definition) is 2. The SMILES string of the molecule is CC(C)c1nc2c(ccn2C)c(-c2ccc(F)cc2)c1C=CC=O. The molecular weight excluding hydrogens is 303 g/mol. The number of pyridine rings is 1. The van der Waals surface area contributed by atoms with Crippen LogP contribution in [0.3, 0.4) is 0 Å². The fourth-order valence-corrected chi connectivity index (χ4v) is 2.98. The lowest BCUT2D eigenvalue weighted by Gasteiger charge is -2.16. The number of hydrogen-bond donors (Lipinski definition) is 0. The molecule has 3 aromatic rings. The molecule has 24 heavy (non-hydrogen) atoms. The third-order valence-electron chi connectivity index (χ3n) is 4.10. The van der Waals surface area contributed by atoms with E-state index in [4.69, 9.17) is 4.98 Å². The zero-order valence-electron chi connectivity index (χ0n) is 14.0. The van der Waals surface area contributed by atoms with Gasteiger partial charge in [-0.15, -0.1) is 0 Å². The van der Waals surface area contributed by atoms with Crippen LogP contribution in [0.2, 0.25) is 0 Å². The molecular formula is C20H19FN2O. The molecule has 0 saturated heterocycles. The molecule has 0 saturated carbocycles. The van der Waals surface area contributed by atoms with Gasteiger partial charge in [0.25, 0.3) is 0 Å². The summed E-state index contributed by atoms with van der Waals surface area (Å²) in [5, 5.41) is 0.985. The first-order chi connectivity index (χ1) is 11.5. The Morgan fingerprint density at radius 3 is 2.50 bits per heavy atom. The summed E-state index contributed by atoms with van der Waals surface area (Å²) in [6.45, 7) is 4.15. The number of carbonyl (C=O) groups excluding carboxylic acids is 1. The summed E-state index contributed by atoms with van der Waals surface area (Å²) in [4.78, 5) is 15.7. The largest absolute Gasteiger partial charge is 0.336 e. The molecule has 2 aromatic heterocycles. The third-order valence-corrected chi connectivity index (χ3v) is 4.10. The average Bonchev–Trinajstić information content (AvgIpc) is 2.93. The molecule has 0 bridgehead atoms. The molecule has 1 aromatic carbocycles. The molecule has 3 rings (SSSR count). The standard InChI is InChI=1S/C20H19FN2O/c1-13(2)19-16(5-4-12-24)18(14-6-8-15(21)9-7-14)17-10-11-23(3)20(17)22-19/h4-13H,1-3H3. The summed E-state index contributed by atoms with van der Waals surface area (Å²) in [7, 11) is 1.95. The van der Waals surface area contributed by atoms with Crippen molar-refractivity contribution in [1.29, 1.82) is 0 Å². The van der Waals surface area contributed by atoms with Gasteiger partial charge in [0.15, 0.2) is 0 Å². The van der Waals surface area contributed by atoms with Crippen molar-refractivity contribution in [3.8, 4) is 11.1 Å². The van der Waals surface area contributed by atoms with Gasteiger partial charge in [0.1, 0.15) is 17.8 Å². The normalized spacial score (nSPS) is 11.7. The van der Waals surface area contributed by atoms with Gasteiger partial charge >= 0.3 is 0 Å². The number of allylic oxidation sites excluding steroid dienone is 1. The average molecular weight is 322 g/mol. The Labute approximate surface area is 140 Å². The third kappa shape index (κ3) is 2.75. The monoisotopic (exact) mass is 322 g/mol. The molecule has 122 valence electrons. The van der Waals surface area contributed by atoms with Crippen LogP contribution in [0.25, 0.3) is 28.2 Å². The van der Waals surface area contributed by atoms with Gasteiger partial charge < -0.3 is 4.57 Å². The maximum atomic E-state index is 13.4. The lowest BCUT2D eigenvalue weighted by molar-refractivity contribution is -0.104. The van der Waals surface area contributed by atoms with Crippen molar-refractivity contribution >= 4 is 23.4 Å². The minimum Gasteiger partial charge on any atom is -0.336 e. The Balaban J connectivity index is 2.43.